The molecule has 146 valence electrons. The van der Waals surface area contributed by atoms with Gasteiger partial charge in [0.05, 0.1) is 16.0 Å². The van der Waals surface area contributed by atoms with Crippen molar-refractivity contribution in [2.75, 3.05) is 37.7 Å². The Balaban J connectivity index is 1.71. The lowest BCUT2D eigenvalue weighted by Gasteiger charge is -2.35. The van der Waals surface area contributed by atoms with E-state index in [9.17, 15) is 8.42 Å². The second-order valence-corrected chi connectivity index (χ2v) is 9.23. The molecule has 0 radical (unpaired) electrons. The summed E-state index contributed by atoms with van der Waals surface area (Å²) >= 11 is 3.40. The van der Waals surface area contributed by atoms with Gasteiger partial charge in [0, 0.05) is 37.9 Å². The Morgan fingerprint density at radius 2 is 1.67 bits per heavy atom. The van der Waals surface area contributed by atoms with Crippen LogP contribution in [0.5, 0.6) is 5.75 Å². The molecule has 0 N–H and O–H groups in total. The van der Waals surface area contributed by atoms with Gasteiger partial charge in [-0.1, -0.05) is 19.1 Å². The molecule has 0 spiro atoms. The van der Waals surface area contributed by atoms with E-state index in [-0.39, 0.29) is 4.90 Å². The molecule has 0 unspecified atom stereocenters. The molecule has 0 bridgehead atoms. The second-order valence-electron chi connectivity index (χ2n) is 6.44. The third-order valence-electron chi connectivity index (χ3n) is 4.79. The Hall–Kier alpha value is -1.57. The summed E-state index contributed by atoms with van der Waals surface area (Å²) in [6, 6.07) is 13.4. The highest BCUT2D eigenvalue weighted by atomic mass is 79.9. The van der Waals surface area contributed by atoms with Gasteiger partial charge in [0.15, 0.2) is 0 Å². The van der Waals surface area contributed by atoms with Gasteiger partial charge in [-0.25, -0.2) is 8.42 Å². The Bertz CT molecular complexity index is 877. The Morgan fingerprint density at radius 3 is 2.26 bits per heavy atom. The number of ether oxygens (including phenoxy) is 1. The van der Waals surface area contributed by atoms with Crippen molar-refractivity contribution >= 4 is 31.6 Å². The van der Waals surface area contributed by atoms with Crippen LogP contribution in [-0.4, -0.2) is 45.5 Å². The molecule has 1 heterocycles. The van der Waals surface area contributed by atoms with Crippen LogP contribution < -0.4 is 9.64 Å². The average Bonchev–Trinajstić information content (AvgIpc) is 2.70. The van der Waals surface area contributed by atoms with Crippen LogP contribution in [-0.2, 0) is 16.4 Å². The maximum absolute atomic E-state index is 13.0. The van der Waals surface area contributed by atoms with E-state index in [1.54, 1.807) is 22.5 Å². The van der Waals surface area contributed by atoms with Gasteiger partial charge >= 0.3 is 0 Å². The van der Waals surface area contributed by atoms with Crippen LogP contribution in [0.2, 0.25) is 0 Å². The lowest BCUT2D eigenvalue weighted by atomic mass is 10.1. The van der Waals surface area contributed by atoms with Crippen molar-refractivity contribution in [3.8, 4) is 5.75 Å². The van der Waals surface area contributed by atoms with Crippen LogP contribution in [0.25, 0.3) is 0 Å². The number of benzene rings is 2. The lowest BCUT2D eigenvalue weighted by molar-refractivity contribution is 0.336. The molecule has 2 aromatic carbocycles. The fourth-order valence-electron chi connectivity index (χ4n) is 3.19. The highest BCUT2D eigenvalue weighted by molar-refractivity contribution is 9.10. The molecule has 1 saturated heterocycles. The first kappa shape index (κ1) is 20.2. The average molecular weight is 453 g/mol. The Morgan fingerprint density at radius 1 is 1.00 bits per heavy atom. The smallest absolute Gasteiger partial charge is 0.243 e. The molecule has 0 amide bonds. The first-order valence-electron chi connectivity index (χ1n) is 9.22. The summed E-state index contributed by atoms with van der Waals surface area (Å²) in [6.45, 7) is 6.80. The first-order chi connectivity index (χ1) is 13.0. The predicted octanol–water partition coefficient (Wildman–Crippen LogP) is 3.92. The van der Waals surface area contributed by atoms with Gasteiger partial charge in [0.25, 0.3) is 0 Å². The lowest BCUT2D eigenvalue weighted by Crippen LogP contribution is -2.48. The van der Waals surface area contributed by atoms with E-state index in [0.717, 1.165) is 16.6 Å². The van der Waals surface area contributed by atoms with Gasteiger partial charge in [-0.05, 0) is 59.1 Å². The van der Waals surface area contributed by atoms with E-state index < -0.39 is 10.0 Å². The molecule has 0 aromatic heterocycles. The zero-order chi connectivity index (χ0) is 19.4. The summed E-state index contributed by atoms with van der Waals surface area (Å²) in [7, 11) is -3.53. The van der Waals surface area contributed by atoms with Crippen LogP contribution in [0.15, 0.2) is 51.8 Å². The largest absolute Gasteiger partial charge is 0.493 e. The molecule has 2 aromatic rings. The number of anilines is 1. The van der Waals surface area contributed by atoms with Crippen LogP contribution in [0.3, 0.4) is 0 Å². The van der Waals surface area contributed by atoms with E-state index >= 15 is 0 Å². The Kier molecular flexibility index (Phi) is 6.44. The number of piperazine rings is 1. The third kappa shape index (κ3) is 4.47. The molecule has 0 aliphatic carbocycles. The van der Waals surface area contributed by atoms with Crippen molar-refractivity contribution in [3.05, 3.63) is 52.5 Å². The van der Waals surface area contributed by atoms with Crippen molar-refractivity contribution in [2.45, 2.75) is 25.2 Å². The fraction of sp³-hybridized carbons (Fsp3) is 0.400. The molecule has 3 rings (SSSR count). The monoisotopic (exact) mass is 452 g/mol. The number of hydrogen-bond donors (Lipinski definition) is 0. The maximum atomic E-state index is 13.0. The third-order valence-corrected chi connectivity index (χ3v) is 7.34. The quantitative estimate of drug-likeness (QED) is 0.666. The van der Waals surface area contributed by atoms with Crippen molar-refractivity contribution < 1.29 is 13.2 Å². The molecule has 0 atom stereocenters. The molecular weight excluding hydrogens is 428 g/mol. The highest BCUT2D eigenvalue weighted by Gasteiger charge is 2.29. The van der Waals surface area contributed by atoms with Crippen LogP contribution in [0, 0.1) is 0 Å². The SMILES string of the molecule is CCOc1cc(S(=O)(=O)N2CCN(c3ccc(CC)cc3)CC2)ccc1Br. The molecule has 7 heteroatoms. The minimum absolute atomic E-state index is 0.273. The number of sulfonamides is 1. The number of nitrogens with zero attached hydrogens (tertiary/aromatic N) is 2. The van der Waals surface area contributed by atoms with E-state index in [4.69, 9.17) is 4.74 Å². The molecule has 1 aliphatic heterocycles. The zero-order valence-corrected chi connectivity index (χ0v) is 18.1. The van der Waals surface area contributed by atoms with Crippen molar-refractivity contribution in [2.24, 2.45) is 0 Å². The fourth-order valence-corrected chi connectivity index (χ4v) is 4.99. The van der Waals surface area contributed by atoms with Crippen LogP contribution >= 0.6 is 15.9 Å². The molecule has 1 fully saturated rings. The van der Waals surface area contributed by atoms with Gasteiger partial charge in [0.1, 0.15) is 5.75 Å². The predicted molar refractivity (Wildman–Crippen MR) is 112 cm³/mol. The summed E-state index contributed by atoms with van der Waals surface area (Å²) in [4.78, 5) is 2.51. The molecule has 0 saturated carbocycles. The minimum Gasteiger partial charge on any atom is -0.493 e. The van der Waals surface area contributed by atoms with Gasteiger partial charge < -0.3 is 9.64 Å². The summed E-state index contributed by atoms with van der Waals surface area (Å²) in [5, 5.41) is 0. The summed E-state index contributed by atoms with van der Waals surface area (Å²) in [5.41, 5.74) is 2.45. The summed E-state index contributed by atoms with van der Waals surface area (Å²) in [6.07, 6.45) is 1.02. The molecule has 5 nitrogen and oxygen atoms in total. The van der Waals surface area contributed by atoms with E-state index in [2.05, 4.69) is 52.0 Å². The van der Waals surface area contributed by atoms with Crippen LogP contribution in [0.1, 0.15) is 19.4 Å². The molecule has 1 aliphatic rings. The van der Waals surface area contributed by atoms with Crippen molar-refractivity contribution in [1.82, 2.24) is 4.31 Å². The van der Waals surface area contributed by atoms with Crippen molar-refractivity contribution in [3.63, 3.8) is 0 Å². The number of hydrogen-bond acceptors (Lipinski definition) is 4. The normalized spacial score (nSPS) is 15.7. The second kappa shape index (κ2) is 8.63. The summed E-state index contributed by atoms with van der Waals surface area (Å²) < 4.78 is 33.9. The Labute approximate surface area is 170 Å². The van der Waals surface area contributed by atoms with Gasteiger partial charge in [-0.15, -0.1) is 0 Å². The summed E-state index contributed by atoms with van der Waals surface area (Å²) in [5.74, 6) is 0.549. The minimum atomic E-state index is -3.53. The number of aryl methyl sites for hydroxylation is 1. The van der Waals surface area contributed by atoms with Crippen molar-refractivity contribution in [1.29, 1.82) is 0 Å². The van der Waals surface area contributed by atoms with E-state index in [1.165, 1.54) is 5.56 Å². The van der Waals surface area contributed by atoms with Gasteiger partial charge in [-0.3, -0.25) is 0 Å². The van der Waals surface area contributed by atoms with Crippen LogP contribution in [0.4, 0.5) is 5.69 Å². The molecule has 27 heavy (non-hydrogen) atoms. The maximum Gasteiger partial charge on any atom is 0.243 e. The zero-order valence-electron chi connectivity index (χ0n) is 15.7. The molecular formula is C20H25BrN2O3S. The number of rotatable bonds is 6. The topological polar surface area (TPSA) is 49.9 Å². The van der Waals surface area contributed by atoms with Gasteiger partial charge in [0.2, 0.25) is 10.0 Å². The van der Waals surface area contributed by atoms with E-state index in [1.807, 2.05) is 6.92 Å². The number of halogens is 1. The standard InChI is InChI=1S/C20H25BrN2O3S/c1-3-16-5-7-17(8-6-16)22-11-13-23(14-12-22)27(24,25)18-9-10-19(21)20(15-18)26-4-2/h5-10,15H,3-4,11-14H2,1-2H3. The first-order valence-corrected chi connectivity index (χ1v) is 11.5. The van der Waals surface area contributed by atoms with E-state index in [0.29, 0.717) is 38.5 Å². The van der Waals surface area contributed by atoms with Gasteiger partial charge in [-0.2, -0.15) is 4.31 Å². The highest BCUT2D eigenvalue weighted by Crippen LogP contribution is 2.30.